The van der Waals surface area contributed by atoms with Gasteiger partial charge in [0.2, 0.25) is 11.1 Å². The minimum atomic E-state index is -0.195. The molecule has 0 radical (unpaired) electrons. The fourth-order valence-corrected chi connectivity index (χ4v) is 4.08. The molecule has 1 fully saturated rings. The van der Waals surface area contributed by atoms with Crippen molar-refractivity contribution in [3.05, 3.63) is 35.7 Å². The number of aromatic nitrogens is 3. The van der Waals surface area contributed by atoms with Gasteiger partial charge in [-0.2, -0.15) is 0 Å². The van der Waals surface area contributed by atoms with E-state index in [0.29, 0.717) is 16.7 Å². The lowest BCUT2D eigenvalue weighted by Gasteiger charge is -2.25. The third kappa shape index (κ3) is 4.21. The molecule has 8 heteroatoms. The molecule has 1 amide bonds. The van der Waals surface area contributed by atoms with Crippen molar-refractivity contribution in [2.75, 3.05) is 25.3 Å². The van der Waals surface area contributed by atoms with E-state index in [1.165, 1.54) is 16.4 Å². The summed E-state index contributed by atoms with van der Waals surface area (Å²) in [5.41, 5.74) is 0.947. The molecule has 0 saturated carbocycles. The Kier molecular flexibility index (Phi) is 5.64. The highest BCUT2D eigenvalue weighted by atomic mass is 32.2. The second-order valence-electron chi connectivity index (χ2n) is 7.73. The van der Waals surface area contributed by atoms with E-state index in [9.17, 15) is 4.79 Å². The zero-order valence-electron chi connectivity index (χ0n) is 16.3. The zero-order valence-corrected chi connectivity index (χ0v) is 17.1. The van der Waals surface area contributed by atoms with Crippen LogP contribution in [0.25, 0.3) is 0 Å². The molecule has 0 bridgehead atoms. The number of hydrogen-bond acceptors (Lipinski definition) is 6. The van der Waals surface area contributed by atoms with E-state index in [0.717, 1.165) is 30.7 Å². The number of benzene rings is 1. The van der Waals surface area contributed by atoms with Crippen molar-refractivity contribution in [2.24, 2.45) is 0 Å². The van der Waals surface area contributed by atoms with Crippen LogP contribution in [0, 0.1) is 0 Å². The molecule has 1 aliphatic heterocycles. The third-order valence-electron chi connectivity index (χ3n) is 4.73. The molecule has 1 unspecified atom stereocenters. The number of amides is 1. The molecular formula is C19H27N5O2S. The van der Waals surface area contributed by atoms with E-state index in [1.54, 1.807) is 7.11 Å². The maximum Gasteiger partial charge on any atom is 0.233 e. The first-order chi connectivity index (χ1) is 12.8. The van der Waals surface area contributed by atoms with E-state index in [1.807, 2.05) is 49.9 Å². The van der Waals surface area contributed by atoms with Crippen molar-refractivity contribution in [1.29, 1.82) is 0 Å². The molecule has 3 rings (SSSR count). The smallest absolute Gasteiger partial charge is 0.233 e. The normalized spacial score (nSPS) is 17.3. The van der Waals surface area contributed by atoms with Gasteiger partial charge in [0.05, 0.1) is 18.9 Å². The minimum Gasteiger partial charge on any atom is -0.497 e. The molecular weight excluding hydrogens is 362 g/mol. The highest BCUT2D eigenvalue weighted by Gasteiger charge is 2.30. The van der Waals surface area contributed by atoms with Crippen LogP contribution in [0.15, 0.2) is 29.4 Å². The summed E-state index contributed by atoms with van der Waals surface area (Å²) >= 11 is 1.34. The fraction of sp³-hybridized carbons (Fsp3) is 0.526. The van der Waals surface area contributed by atoms with Crippen molar-refractivity contribution >= 4 is 17.7 Å². The molecule has 0 spiro atoms. The van der Waals surface area contributed by atoms with Crippen LogP contribution in [0.2, 0.25) is 0 Å². The van der Waals surface area contributed by atoms with E-state index in [4.69, 9.17) is 10.6 Å². The van der Waals surface area contributed by atoms with Crippen molar-refractivity contribution in [1.82, 2.24) is 19.8 Å². The quantitative estimate of drug-likeness (QED) is 0.625. The molecule has 2 aromatic rings. The van der Waals surface area contributed by atoms with Crippen LogP contribution in [0.5, 0.6) is 5.75 Å². The van der Waals surface area contributed by atoms with Crippen LogP contribution < -0.4 is 10.6 Å². The monoisotopic (exact) mass is 389 g/mol. The summed E-state index contributed by atoms with van der Waals surface area (Å²) in [6.45, 7) is 6.87. The Morgan fingerprint density at radius 2 is 2.00 bits per heavy atom. The van der Waals surface area contributed by atoms with E-state index < -0.39 is 0 Å². The first-order valence-corrected chi connectivity index (χ1v) is 10.1. The molecule has 2 N–H and O–H groups in total. The second kappa shape index (κ2) is 7.80. The molecule has 1 aliphatic rings. The standard InChI is InChI=1S/C19H27N5O2S/c1-19(2,3)17-21-22-18(24(17)20)27-12-16(25)23-11-5-6-15(23)13-7-9-14(26-4)10-8-13/h7-10,15H,5-6,11-12,20H2,1-4H3. The minimum absolute atomic E-state index is 0.0960. The number of carbonyl (C=O) groups excluding carboxylic acids is 1. The lowest BCUT2D eigenvalue weighted by molar-refractivity contribution is -0.129. The molecule has 7 nitrogen and oxygen atoms in total. The predicted molar refractivity (Wildman–Crippen MR) is 106 cm³/mol. The Hall–Kier alpha value is -2.22. The number of ether oxygens (including phenoxy) is 1. The number of likely N-dealkylation sites (tertiary alicyclic amines) is 1. The molecule has 1 aromatic carbocycles. The summed E-state index contributed by atoms with van der Waals surface area (Å²) in [4.78, 5) is 14.8. The molecule has 1 atom stereocenters. The van der Waals surface area contributed by atoms with Crippen LogP contribution in [0.1, 0.15) is 51.0 Å². The third-order valence-corrected chi connectivity index (χ3v) is 5.66. The Labute approximate surface area is 164 Å². The Balaban J connectivity index is 1.66. The van der Waals surface area contributed by atoms with Crippen molar-refractivity contribution < 1.29 is 9.53 Å². The first kappa shape index (κ1) is 19.5. The maximum absolute atomic E-state index is 12.8. The van der Waals surface area contributed by atoms with E-state index >= 15 is 0 Å². The van der Waals surface area contributed by atoms with E-state index in [-0.39, 0.29) is 17.4 Å². The fourth-order valence-electron chi connectivity index (χ4n) is 3.33. The largest absolute Gasteiger partial charge is 0.497 e. The number of carbonyl (C=O) groups is 1. The average molecular weight is 390 g/mol. The number of methoxy groups -OCH3 is 1. The number of hydrogen-bond donors (Lipinski definition) is 1. The molecule has 27 heavy (non-hydrogen) atoms. The zero-order chi connectivity index (χ0) is 19.6. The van der Waals surface area contributed by atoms with Gasteiger partial charge in [-0.25, -0.2) is 4.68 Å². The number of nitrogen functional groups attached to an aromatic ring is 1. The second-order valence-corrected chi connectivity index (χ2v) is 8.68. The lowest BCUT2D eigenvalue weighted by Crippen LogP contribution is -2.32. The van der Waals surface area contributed by atoms with Gasteiger partial charge in [-0.15, -0.1) is 10.2 Å². The number of thioether (sulfide) groups is 1. The lowest BCUT2D eigenvalue weighted by atomic mass is 9.96. The summed E-state index contributed by atoms with van der Waals surface area (Å²) in [6.07, 6.45) is 1.98. The highest BCUT2D eigenvalue weighted by Crippen LogP contribution is 2.33. The molecule has 0 aliphatic carbocycles. The Morgan fingerprint density at radius 1 is 1.30 bits per heavy atom. The molecule has 146 valence electrons. The van der Waals surface area contributed by atoms with Crippen molar-refractivity contribution in [3.8, 4) is 5.75 Å². The van der Waals surface area contributed by atoms with Crippen LogP contribution in [0.3, 0.4) is 0 Å². The Bertz CT molecular complexity index is 797. The van der Waals surface area contributed by atoms with Gasteiger partial charge < -0.3 is 15.5 Å². The average Bonchev–Trinajstić information content (AvgIpc) is 3.26. The number of nitrogens with zero attached hydrogens (tertiary/aromatic N) is 4. The van der Waals surface area contributed by atoms with Gasteiger partial charge >= 0.3 is 0 Å². The maximum atomic E-state index is 12.8. The summed E-state index contributed by atoms with van der Waals surface area (Å²) in [7, 11) is 1.65. The van der Waals surface area contributed by atoms with Crippen molar-refractivity contribution in [2.45, 2.75) is 50.2 Å². The number of rotatable bonds is 5. The summed E-state index contributed by atoms with van der Waals surface area (Å²) in [6, 6.07) is 8.07. The van der Waals surface area contributed by atoms with Gasteiger partial charge in [-0.05, 0) is 30.5 Å². The molecule has 1 saturated heterocycles. The van der Waals surface area contributed by atoms with Gasteiger partial charge in [0.15, 0.2) is 5.82 Å². The van der Waals surface area contributed by atoms with Crippen LogP contribution in [-0.4, -0.2) is 45.1 Å². The predicted octanol–water partition coefficient (Wildman–Crippen LogP) is 2.75. The van der Waals surface area contributed by atoms with Crippen molar-refractivity contribution in [3.63, 3.8) is 0 Å². The first-order valence-electron chi connectivity index (χ1n) is 9.08. The summed E-state index contributed by atoms with van der Waals surface area (Å²) in [5, 5.41) is 8.88. The molecule has 1 aromatic heterocycles. The Morgan fingerprint density at radius 3 is 2.59 bits per heavy atom. The van der Waals surface area contributed by atoms with Gasteiger partial charge in [0, 0.05) is 12.0 Å². The highest BCUT2D eigenvalue weighted by molar-refractivity contribution is 7.99. The summed E-state index contributed by atoms with van der Waals surface area (Å²) < 4.78 is 6.71. The van der Waals surface area contributed by atoms with E-state index in [2.05, 4.69) is 10.2 Å². The van der Waals surface area contributed by atoms with Crippen LogP contribution >= 0.6 is 11.8 Å². The van der Waals surface area contributed by atoms with Crippen LogP contribution in [-0.2, 0) is 10.2 Å². The van der Waals surface area contributed by atoms with Gasteiger partial charge in [-0.3, -0.25) is 4.79 Å². The topological polar surface area (TPSA) is 86.3 Å². The van der Waals surface area contributed by atoms with Gasteiger partial charge in [0.25, 0.3) is 0 Å². The van der Waals surface area contributed by atoms with Crippen LogP contribution in [0.4, 0.5) is 0 Å². The van der Waals surface area contributed by atoms with Gasteiger partial charge in [-0.1, -0.05) is 44.7 Å². The SMILES string of the molecule is COc1ccc(C2CCCN2C(=O)CSc2nnc(C(C)(C)C)n2N)cc1. The van der Waals surface area contributed by atoms with Gasteiger partial charge in [0.1, 0.15) is 5.75 Å². The number of nitrogens with two attached hydrogens (primary N) is 1. The summed E-state index contributed by atoms with van der Waals surface area (Å²) in [5.74, 6) is 8.03. The molecule has 2 heterocycles.